The number of hydrogen-bond acceptors (Lipinski definition) is 5. The Morgan fingerprint density at radius 1 is 1.11 bits per heavy atom. The van der Waals surface area contributed by atoms with E-state index in [1.54, 1.807) is 0 Å². The maximum atomic E-state index is 12.8. The largest absolute Gasteiger partial charge is 0.368 e. The lowest BCUT2D eigenvalue weighted by atomic mass is 10.00. The molecular formula is C21H30N4O2S. The molecule has 3 aliphatic heterocycles. The molecule has 2 unspecified atom stereocenters. The van der Waals surface area contributed by atoms with Crippen LogP contribution in [0.1, 0.15) is 18.4 Å². The minimum absolute atomic E-state index is 0.102. The summed E-state index contributed by atoms with van der Waals surface area (Å²) < 4.78 is 0. The van der Waals surface area contributed by atoms with Crippen LogP contribution in [-0.2, 0) is 9.59 Å². The van der Waals surface area contributed by atoms with Gasteiger partial charge in [0.25, 0.3) is 0 Å². The second-order valence-corrected chi connectivity index (χ2v) is 9.13. The van der Waals surface area contributed by atoms with Crippen LogP contribution in [0.4, 0.5) is 5.69 Å². The summed E-state index contributed by atoms with van der Waals surface area (Å²) in [5, 5.41) is 3.35. The van der Waals surface area contributed by atoms with E-state index in [0.29, 0.717) is 6.42 Å². The van der Waals surface area contributed by atoms with Crippen molar-refractivity contribution in [2.75, 3.05) is 55.8 Å². The summed E-state index contributed by atoms with van der Waals surface area (Å²) in [6.07, 6.45) is 1.34. The van der Waals surface area contributed by atoms with Gasteiger partial charge < -0.3 is 20.0 Å². The minimum Gasteiger partial charge on any atom is -0.368 e. The van der Waals surface area contributed by atoms with Gasteiger partial charge in [-0.15, -0.1) is 11.8 Å². The van der Waals surface area contributed by atoms with Gasteiger partial charge in [-0.2, -0.15) is 0 Å². The molecule has 3 fully saturated rings. The Balaban J connectivity index is 1.24. The third-order valence-corrected chi connectivity index (χ3v) is 7.10. The molecule has 152 valence electrons. The van der Waals surface area contributed by atoms with Crippen molar-refractivity contribution in [3.8, 4) is 0 Å². The molecule has 0 bridgehead atoms. The molecule has 2 amide bonds. The van der Waals surface area contributed by atoms with Gasteiger partial charge in [-0.25, -0.2) is 0 Å². The SMILES string of the molecule is Cc1ccccc1N1CCN(C(=O)CC2CNC(C(=O)N3CCSC3)C2)CC1. The van der Waals surface area contributed by atoms with E-state index in [2.05, 4.69) is 41.4 Å². The molecule has 1 aromatic carbocycles. The number of thioether (sulfide) groups is 1. The van der Waals surface area contributed by atoms with Crippen molar-refractivity contribution in [1.82, 2.24) is 15.1 Å². The fraction of sp³-hybridized carbons (Fsp3) is 0.619. The first-order valence-electron chi connectivity index (χ1n) is 10.3. The minimum atomic E-state index is -0.102. The molecule has 3 aliphatic rings. The lowest BCUT2D eigenvalue weighted by Crippen LogP contribution is -2.49. The Labute approximate surface area is 171 Å². The summed E-state index contributed by atoms with van der Waals surface area (Å²) in [5.74, 6) is 2.57. The maximum Gasteiger partial charge on any atom is 0.240 e. The van der Waals surface area contributed by atoms with Gasteiger partial charge in [0.05, 0.1) is 11.9 Å². The van der Waals surface area contributed by atoms with Gasteiger partial charge in [-0.3, -0.25) is 9.59 Å². The molecule has 3 saturated heterocycles. The quantitative estimate of drug-likeness (QED) is 0.828. The summed E-state index contributed by atoms with van der Waals surface area (Å²) in [6.45, 7) is 7.09. The van der Waals surface area contributed by atoms with Crippen molar-refractivity contribution in [2.24, 2.45) is 5.92 Å². The van der Waals surface area contributed by atoms with Gasteiger partial charge in [0.2, 0.25) is 11.8 Å². The van der Waals surface area contributed by atoms with E-state index in [1.807, 2.05) is 21.6 Å². The van der Waals surface area contributed by atoms with Crippen molar-refractivity contribution in [2.45, 2.75) is 25.8 Å². The van der Waals surface area contributed by atoms with Gasteiger partial charge in [-0.05, 0) is 37.4 Å². The maximum absolute atomic E-state index is 12.8. The zero-order valence-corrected chi connectivity index (χ0v) is 17.4. The highest BCUT2D eigenvalue weighted by Gasteiger charge is 2.35. The van der Waals surface area contributed by atoms with Gasteiger partial charge in [-0.1, -0.05) is 18.2 Å². The molecule has 4 rings (SSSR count). The first-order valence-corrected chi connectivity index (χ1v) is 11.5. The number of rotatable bonds is 4. The van der Waals surface area contributed by atoms with Crippen LogP contribution in [0.15, 0.2) is 24.3 Å². The van der Waals surface area contributed by atoms with E-state index in [9.17, 15) is 9.59 Å². The summed E-state index contributed by atoms with van der Waals surface area (Å²) in [6, 6.07) is 8.33. The van der Waals surface area contributed by atoms with Gasteiger partial charge in [0, 0.05) is 50.6 Å². The highest BCUT2D eigenvalue weighted by atomic mass is 32.2. The fourth-order valence-electron chi connectivity index (χ4n) is 4.45. The van der Waals surface area contributed by atoms with E-state index < -0.39 is 0 Å². The molecule has 28 heavy (non-hydrogen) atoms. The molecule has 1 N–H and O–H groups in total. The van der Waals surface area contributed by atoms with Crippen LogP contribution in [0, 0.1) is 12.8 Å². The number of amides is 2. The average molecular weight is 403 g/mol. The fourth-order valence-corrected chi connectivity index (χ4v) is 5.41. The van der Waals surface area contributed by atoms with Crippen LogP contribution in [0.25, 0.3) is 0 Å². The highest BCUT2D eigenvalue weighted by Crippen LogP contribution is 2.24. The molecule has 0 aliphatic carbocycles. The Bertz CT molecular complexity index is 714. The summed E-state index contributed by atoms with van der Waals surface area (Å²) in [5.41, 5.74) is 2.56. The molecule has 0 saturated carbocycles. The molecule has 1 aromatic rings. The van der Waals surface area contributed by atoms with Crippen molar-refractivity contribution in [1.29, 1.82) is 0 Å². The second kappa shape index (κ2) is 8.74. The van der Waals surface area contributed by atoms with Crippen LogP contribution >= 0.6 is 11.8 Å². The molecule has 0 spiro atoms. The van der Waals surface area contributed by atoms with Gasteiger partial charge in [0.15, 0.2) is 0 Å². The zero-order chi connectivity index (χ0) is 19.5. The molecule has 7 heteroatoms. The number of piperazine rings is 1. The third kappa shape index (κ3) is 4.30. The Hall–Kier alpha value is -1.73. The second-order valence-electron chi connectivity index (χ2n) is 8.06. The molecule has 0 aromatic heterocycles. The molecule has 3 heterocycles. The van der Waals surface area contributed by atoms with E-state index >= 15 is 0 Å². The van der Waals surface area contributed by atoms with Crippen LogP contribution in [0.5, 0.6) is 0 Å². The molecule has 2 atom stereocenters. The smallest absolute Gasteiger partial charge is 0.240 e. The van der Waals surface area contributed by atoms with E-state index in [1.165, 1.54) is 11.3 Å². The predicted octanol–water partition coefficient (Wildman–Crippen LogP) is 1.54. The number of carbonyl (C=O) groups is 2. The average Bonchev–Trinajstić information content (AvgIpc) is 3.40. The topological polar surface area (TPSA) is 55.9 Å². The summed E-state index contributed by atoms with van der Waals surface area (Å²) in [4.78, 5) is 31.6. The number of para-hydroxylation sites is 1. The Kier molecular flexibility index (Phi) is 6.11. The monoisotopic (exact) mass is 402 g/mol. The Morgan fingerprint density at radius 3 is 2.61 bits per heavy atom. The lowest BCUT2D eigenvalue weighted by Gasteiger charge is -2.37. The zero-order valence-electron chi connectivity index (χ0n) is 16.6. The molecule has 0 radical (unpaired) electrons. The first kappa shape index (κ1) is 19.6. The van der Waals surface area contributed by atoms with Crippen molar-refractivity contribution in [3.05, 3.63) is 29.8 Å². The number of hydrogen-bond donors (Lipinski definition) is 1. The first-order chi connectivity index (χ1) is 13.6. The summed E-state index contributed by atoms with van der Waals surface area (Å²) in [7, 11) is 0. The normalized spacial score (nSPS) is 25.4. The molecule has 6 nitrogen and oxygen atoms in total. The number of benzene rings is 1. The van der Waals surface area contributed by atoms with E-state index in [4.69, 9.17) is 0 Å². The van der Waals surface area contributed by atoms with Crippen molar-refractivity contribution in [3.63, 3.8) is 0 Å². The standard InChI is InChI=1S/C21H30N4O2S/c1-16-4-2-3-5-19(16)23-6-8-24(9-7-23)20(26)13-17-12-18(22-14-17)21(27)25-10-11-28-15-25/h2-5,17-18,22H,6-15H2,1H3. The van der Waals surface area contributed by atoms with E-state index in [0.717, 1.165) is 57.3 Å². The van der Waals surface area contributed by atoms with Crippen LogP contribution in [0.2, 0.25) is 0 Å². The van der Waals surface area contributed by atoms with E-state index in [-0.39, 0.29) is 23.8 Å². The van der Waals surface area contributed by atoms with Crippen LogP contribution in [0.3, 0.4) is 0 Å². The molecular weight excluding hydrogens is 372 g/mol. The van der Waals surface area contributed by atoms with Crippen LogP contribution in [-0.4, -0.2) is 78.6 Å². The van der Waals surface area contributed by atoms with Gasteiger partial charge in [0.1, 0.15) is 0 Å². The van der Waals surface area contributed by atoms with Crippen molar-refractivity contribution < 1.29 is 9.59 Å². The van der Waals surface area contributed by atoms with Crippen molar-refractivity contribution >= 4 is 29.3 Å². The number of anilines is 1. The highest BCUT2D eigenvalue weighted by molar-refractivity contribution is 7.99. The predicted molar refractivity (Wildman–Crippen MR) is 114 cm³/mol. The van der Waals surface area contributed by atoms with Gasteiger partial charge >= 0.3 is 0 Å². The number of nitrogens with one attached hydrogen (secondary N) is 1. The number of aryl methyl sites for hydroxylation is 1. The van der Waals surface area contributed by atoms with Crippen LogP contribution < -0.4 is 10.2 Å². The number of carbonyl (C=O) groups excluding carboxylic acids is 2. The summed E-state index contributed by atoms with van der Waals surface area (Å²) >= 11 is 1.81. The number of nitrogens with zero attached hydrogens (tertiary/aromatic N) is 3. The lowest BCUT2D eigenvalue weighted by molar-refractivity contribution is -0.133. The Morgan fingerprint density at radius 2 is 1.89 bits per heavy atom. The third-order valence-electron chi connectivity index (χ3n) is 6.14.